The Hall–Kier alpha value is -2.05. The number of amides is 1. The molecule has 0 aromatic heterocycles. The molecule has 2 aromatic carbocycles. The van der Waals surface area contributed by atoms with Crippen molar-refractivity contribution in [3.8, 4) is 0 Å². The molecule has 1 N–H and O–H groups in total. The van der Waals surface area contributed by atoms with Gasteiger partial charge in [-0.1, -0.05) is 18.2 Å². The molecule has 3 rings (SSSR count). The summed E-state index contributed by atoms with van der Waals surface area (Å²) in [6, 6.07) is 14.6. The highest BCUT2D eigenvalue weighted by molar-refractivity contribution is 7.99. The van der Waals surface area contributed by atoms with Crippen LogP contribution in [0.3, 0.4) is 0 Å². The Morgan fingerprint density at radius 1 is 1.08 bits per heavy atom. The van der Waals surface area contributed by atoms with E-state index in [1.54, 1.807) is 18.2 Å². The Morgan fingerprint density at radius 3 is 2.46 bits per heavy atom. The Bertz CT molecular complexity index is 730. The van der Waals surface area contributed by atoms with Crippen molar-refractivity contribution >= 4 is 29.0 Å². The van der Waals surface area contributed by atoms with Gasteiger partial charge in [-0.25, -0.2) is 4.39 Å². The first-order valence-corrected chi connectivity index (χ1v) is 9.92. The number of thioether (sulfide) groups is 1. The highest BCUT2D eigenvalue weighted by atomic mass is 32.2. The van der Waals surface area contributed by atoms with Crippen LogP contribution in [-0.2, 0) is 10.5 Å². The number of halogens is 1. The van der Waals surface area contributed by atoms with Gasteiger partial charge in [0, 0.05) is 43.3 Å². The molecule has 26 heavy (non-hydrogen) atoms. The lowest BCUT2D eigenvalue weighted by molar-refractivity contribution is -0.113. The van der Waals surface area contributed by atoms with Gasteiger partial charge < -0.3 is 15.1 Å². The second kappa shape index (κ2) is 9.05. The predicted octanol–water partition coefficient (Wildman–Crippen LogP) is 3.45. The molecule has 0 spiro atoms. The molecule has 1 amide bonds. The lowest BCUT2D eigenvalue weighted by Crippen LogP contribution is -2.44. The van der Waals surface area contributed by atoms with E-state index in [-0.39, 0.29) is 11.7 Å². The Kier molecular flexibility index (Phi) is 6.52. The molecule has 1 aliphatic rings. The molecule has 0 radical (unpaired) electrons. The van der Waals surface area contributed by atoms with Crippen LogP contribution < -0.4 is 10.2 Å². The summed E-state index contributed by atoms with van der Waals surface area (Å²) in [5.74, 6) is 0.496. The van der Waals surface area contributed by atoms with Crippen LogP contribution in [0.4, 0.5) is 15.8 Å². The van der Waals surface area contributed by atoms with Gasteiger partial charge in [-0.15, -0.1) is 11.8 Å². The molecular weight excluding hydrogens is 349 g/mol. The minimum atomic E-state index is -0.222. The number of likely N-dealkylation sites (N-methyl/N-ethyl adjacent to an activating group) is 1. The molecule has 0 bridgehead atoms. The van der Waals surface area contributed by atoms with Crippen LogP contribution in [0.25, 0.3) is 0 Å². The minimum Gasteiger partial charge on any atom is -0.369 e. The quantitative estimate of drug-likeness (QED) is 0.841. The lowest BCUT2D eigenvalue weighted by atomic mass is 10.2. The summed E-state index contributed by atoms with van der Waals surface area (Å²) < 4.78 is 13.6. The fourth-order valence-corrected chi connectivity index (χ4v) is 3.70. The number of anilines is 2. The highest BCUT2D eigenvalue weighted by Crippen LogP contribution is 2.20. The molecule has 0 aliphatic carbocycles. The summed E-state index contributed by atoms with van der Waals surface area (Å²) in [4.78, 5) is 16.7. The molecule has 1 fully saturated rings. The summed E-state index contributed by atoms with van der Waals surface area (Å²) in [5, 5.41) is 2.90. The van der Waals surface area contributed by atoms with E-state index in [1.165, 1.54) is 23.5 Å². The molecular formula is C20H24FN3OS. The summed E-state index contributed by atoms with van der Waals surface area (Å²) in [7, 11) is 2.14. The van der Waals surface area contributed by atoms with Gasteiger partial charge in [0.1, 0.15) is 5.82 Å². The van der Waals surface area contributed by atoms with E-state index in [2.05, 4.69) is 22.2 Å². The van der Waals surface area contributed by atoms with Crippen LogP contribution in [0, 0.1) is 5.82 Å². The standard InChI is InChI=1S/C20H24FN3OS/c1-23-10-12-24(13-11-23)18-8-6-17(7-9-18)22-20(25)15-26-14-16-4-2-3-5-19(16)21/h2-9H,10-15H2,1H3,(H,22,25). The van der Waals surface area contributed by atoms with Gasteiger partial charge in [0.25, 0.3) is 0 Å². The number of hydrogen-bond acceptors (Lipinski definition) is 4. The number of piperazine rings is 1. The van der Waals surface area contributed by atoms with Gasteiger partial charge in [0.15, 0.2) is 0 Å². The van der Waals surface area contributed by atoms with Crippen LogP contribution in [0.5, 0.6) is 0 Å². The molecule has 138 valence electrons. The number of carbonyl (C=O) groups is 1. The number of carbonyl (C=O) groups excluding carboxylic acids is 1. The Morgan fingerprint density at radius 2 is 1.77 bits per heavy atom. The zero-order valence-corrected chi connectivity index (χ0v) is 15.8. The summed E-state index contributed by atoms with van der Waals surface area (Å²) in [6.07, 6.45) is 0. The first-order valence-electron chi connectivity index (χ1n) is 8.76. The number of hydrogen-bond donors (Lipinski definition) is 1. The molecule has 1 aliphatic heterocycles. The molecule has 1 heterocycles. The van der Waals surface area contributed by atoms with Crippen LogP contribution in [0.2, 0.25) is 0 Å². The normalized spacial score (nSPS) is 15.1. The van der Waals surface area contributed by atoms with Gasteiger partial charge in [-0.3, -0.25) is 4.79 Å². The van der Waals surface area contributed by atoms with Gasteiger partial charge in [-0.2, -0.15) is 0 Å². The lowest BCUT2D eigenvalue weighted by Gasteiger charge is -2.34. The van der Waals surface area contributed by atoms with Crippen molar-refractivity contribution in [2.75, 3.05) is 49.2 Å². The van der Waals surface area contributed by atoms with Crippen molar-refractivity contribution in [2.45, 2.75) is 5.75 Å². The van der Waals surface area contributed by atoms with Gasteiger partial charge in [-0.05, 0) is 42.9 Å². The summed E-state index contributed by atoms with van der Waals surface area (Å²) >= 11 is 1.41. The van der Waals surface area contributed by atoms with E-state index in [1.807, 2.05) is 24.3 Å². The fourth-order valence-electron chi connectivity index (χ4n) is 2.89. The number of rotatable bonds is 6. The molecule has 0 atom stereocenters. The van der Waals surface area contributed by atoms with Crippen molar-refractivity contribution < 1.29 is 9.18 Å². The SMILES string of the molecule is CN1CCN(c2ccc(NC(=O)CSCc3ccccc3F)cc2)CC1. The van der Waals surface area contributed by atoms with Crippen molar-refractivity contribution in [2.24, 2.45) is 0 Å². The third-order valence-electron chi connectivity index (χ3n) is 4.47. The molecule has 2 aromatic rings. The second-order valence-electron chi connectivity index (χ2n) is 6.47. The number of nitrogens with one attached hydrogen (secondary N) is 1. The van der Waals surface area contributed by atoms with Gasteiger partial charge >= 0.3 is 0 Å². The third-order valence-corrected chi connectivity index (χ3v) is 5.45. The van der Waals surface area contributed by atoms with E-state index in [4.69, 9.17) is 0 Å². The molecule has 6 heteroatoms. The Labute approximate surface area is 158 Å². The fraction of sp³-hybridized carbons (Fsp3) is 0.350. The van der Waals surface area contributed by atoms with Crippen LogP contribution in [-0.4, -0.2) is 49.8 Å². The molecule has 0 saturated carbocycles. The van der Waals surface area contributed by atoms with Crippen LogP contribution in [0.15, 0.2) is 48.5 Å². The van der Waals surface area contributed by atoms with E-state index in [0.29, 0.717) is 17.1 Å². The highest BCUT2D eigenvalue weighted by Gasteiger charge is 2.14. The molecule has 4 nitrogen and oxygen atoms in total. The maximum atomic E-state index is 13.6. The van der Waals surface area contributed by atoms with Crippen molar-refractivity contribution in [1.29, 1.82) is 0 Å². The predicted molar refractivity (Wildman–Crippen MR) is 107 cm³/mol. The van der Waals surface area contributed by atoms with Crippen molar-refractivity contribution in [3.63, 3.8) is 0 Å². The maximum absolute atomic E-state index is 13.6. The zero-order chi connectivity index (χ0) is 18.4. The largest absolute Gasteiger partial charge is 0.369 e. The monoisotopic (exact) mass is 373 g/mol. The average molecular weight is 373 g/mol. The molecule has 0 unspecified atom stereocenters. The average Bonchev–Trinajstić information content (AvgIpc) is 2.65. The van der Waals surface area contributed by atoms with Crippen LogP contribution in [0.1, 0.15) is 5.56 Å². The summed E-state index contributed by atoms with van der Waals surface area (Å²) in [6.45, 7) is 4.18. The maximum Gasteiger partial charge on any atom is 0.234 e. The second-order valence-corrected chi connectivity index (χ2v) is 7.46. The smallest absolute Gasteiger partial charge is 0.234 e. The first kappa shape index (κ1) is 18.7. The van der Waals surface area contributed by atoms with Gasteiger partial charge in [0.05, 0.1) is 5.75 Å². The molecule has 1 saturated heterocycles. The van der Waals surface area contributed by atoms with Gasteiger partial charge in [0.2, 0.25) is 5.91 Å². The van der Waals surface area contributed by atoms with Crippen molar-refractivity contribution in [1.82, 2.24) is 4.90 Å². The minimum absolute atomic E-state index is 0.0707. The van der Waals surface area contributed by atoms with E-state index >= 15 is 0 Å². The summed E-state index contributed by atoms with van der Waals surface area (Å²) in [5.41, 5.74) is 2.60. The Balaban J connectivity index is 1.45. The van der Waals surface area contributed by atoms with E-state index in [9.17, 15) is 9.18 Å². The number of benzene rings is 2. The topological polar surface area (TPSA) is 35.6 Å². The number of nitrogens with zero attached hydrogens (tertiary/aromatic N) is 2. The van der Waals surface area contributed by atoms with Crippen molar-refractivity contribution in [3.05, 3.63) is 59.9 Å². The third kappa shape index (κ3) is 5.22. The first-order chi connectivity index (χ1) is 12.6. The zero-order valence-electron chi connectivity index (χ0n) is 15.0. The van der Waals surface area contributed by atoms with E-state index in [0.717, 1.165) is 31.9 Å². The van der Waals surface area contributed by atoms with Crippen LogP contribution >= 0.6 is 11.8 Å². The van der Waals surface area contributed by atoms with E-state index < -0.39 is 0 Å².